The van der Waals surface area contributed by atoms with Gasteiger partial charge >= 0.3 is 11.7 Å². The van der Waals surface area contributed by atoms with E-state index in [-0.39, 0.29) is 39.1 Å². The first-order valence-electron chi connectivity index (χ1n) is 11.1. The molecule has 38 heavy (non-hydrogen) atoms. The standard InChI is InChI=1S/C24H22ClN3O9S/c1-3-4-7-37-23(32)15-11-14(5-6-16(15)25)26-20(29)12-27-22(31)19(38-24(27)33)10-13-8-17(28(34)35)21(30)18(9-13)36-2/h5-6,8-11,30H,3-4,7,12H2,1-2H3,(H,26,29)/b19-10+. The van der Waals surface area contributed by atoms with Gasteiger partial charge in [0.1, 0.15) is 6.54 Å². The van der Waals surface area contributed by atoms with Crippen molar-refractivity contribution in [2.75, 3.05) is 25.6 Å². The van der Waals surface area contributed by atoms with Gasteiger partial charge in [0.25, 0.3) is 11.1 Å². The smallest absolute Gasteiger partial charge is 0.339 e. The molecule has 1 aliphatic heterocycles. The summed E-state index contributed by atoms with van der Waals surface area (Å²) in [6.45, 7) is 1.54. The Hall–Kier alpha value is -4.10. The van der Waals surface area contributed by atoms with E-state index in [1.165, 1.54) is 37.5 Å². The molecule has 2 N–H and O–H groups in total. The summed E-state index contributed by atoms with van der Waals surface area (Å²) in [5, 5.41) is 23.0. The van der Waals surface area contributed by atoms with Crippen LogP contribution in [0.2, 0.25) is 5.02 Å². The number of hydrogen-bond acceptors (Lipinski definition) is 10. The lowest BCUT2D eigenvalue weighted by Gasteiger charge is -2.13. The van der Waals surface area contributed by atoms with E-state index in [1.807, 2.05) is 6.92 Å². The first-order valence-corrected chi connectivity index (χ1v) is 12.3. The second-order valence-corrected chi connectivity index (χ2v) is 9.25. The number of rotatable bonds is 10. The van der Waals surface area contributed by atoms with Crippen LogP contribution in [0.3, 0.4) is 0 Å². The first kappa shape index (κ1) is 28.5. The third-order valence-electron chi connectivity index (χ3n) is 5.17. The van der Waals surface area contributed by atoms with Crippen molar-refractivity contribution < 1.29 is 38.7 Å². The van der Waals surface area contributed by atoms with Crippen LogP contribution in [0.5, 0.6) is 11.5 Å². The maximum atomic E-state index is 12.8. The van der Waals surface area contributed by atoms with E-state index in [0.29, 0.717) is 23.1 Å². The van der Waals surface area contributed by atoms with Gasteiger partial charge in [-0.2, -0.15) is 0 Å². The van der Waals surface area contributed by atoms with Gasteiger partial charge in [-0.25, -0.2) is 4.79 Å². The summed E-state index contributed by atoms with van der Waals surface area (Å²) in [6, 6.07) is 6.45. The number of methoxy groups -OCH3 is 1. The van der Waals surface area contributed by atoms with E-state index >= 15 is 0 Å². The normalized spacial score (nSPS) is 14.1. The summed E-state index contributed by atoms with van der Waals surface area (Å²) >= 11 is 6.62. The zero-order chi connectivity index (χ0) is 28.0. The third kappa shape index (κ3) is 6.61. The minimum Gasteiger partial charge on any atom is -0.500 e. The third-order valence-corrected chi connectivity index (χ3v) is 6.40. The summed E-state index contributed by atoms with van der Waals surface area (Å²) in [7, 11) is 1.20. The molecule has 0 bridgehead atoms. The number of imide groups is 1. The van der Waals surface area contributed by atoms with Gasteiger partial charge in [0.2, 0.25) is 11.7 Å². The Balaban J connectivity index is 1.73. The Labute approximate surface area is 225 Å². The molecule has 1 heterocycles. The minimum absolute atomic E-state index is 0.0492. The fraction of sp³-hybridized carbons (Fsp3) is 0.250. The molecule has 200 valence electrons. The molecular formula is C24H22ClN3O9S. The number of aromatic hydroxyl groups is 1. The molecule has 0 aliphatic carbocycles. The highest BCUT2D eigenvalue weighted by molar-refractivity contribution is 8.18. The molecule has 3 rings (SSSR count). The van der Waals surface area contributed by atoms with Crippen molar-refractivity contribution in [2.45, 2.75) is 19.8 Å². The van der Waals surface area contributed by atoms with E-state index < -0.39 is 45.9 Å². The van der Waals surface area contributed by atoms with Crippen LogP contribution in [0.4, 0.5) is 16.2 Å². The number of unbranched alkanes of at least 4 members (excludes halogenated alkanes) is 1. The largest absolute Gasteiger partial charge is 0.500 e. The molecule has 0 spiro atoms. The molecule has 0 radical (unpaired) electrons. The number of benzene rings is 2. The van der Waals surface area contributed by atoms with Crippen LogP contribution >= 0.6 is 23.4 Å². The summed E-state index contributed by atoms with van der Waals surface area (Å²) in [4.78, 5) is 61.1. The fourth-order valence-corrected chi connectivity index (χ4v) is 4.30. The Bertz CT molecular complexity index is 1350. The van der Waals surface area contributed by atoms with Crippen molar-refractivity contribution in [3.63, 3.8) is 0 Å². The Morgan fingerprint density at radius 2 is 2.00 bits per heavy atom. The van der Waals surface area contributed by atoms with Crippen LogP contribution in [0.15, 0.2) is 35.2 Å². The number of halogens is 1. The highest BCUT2D eigenvalue weighted by Gasteiger charge is 2.36. The van der Waals surface area contributed by atoms with Gasteiger partial charge < -0.3 is 19.9 Å². The second kappa shape index (κ2) is 12.4. The van der Waals surface area contributed by atoms with E-state index in [1.54, 1.807) is 0 Å². The maximum absolute atomic E-state index is 12.8. The number of phenolic OH excluding ortho intramolecular Hbond substituents is 1. The molecule has 12 nitrogen and oxygen atoms in total. The lowest BCUT2D eigenvalue weighted by Crippen LogP contribution is -2.36. The maximum Gasteiger partial charge on any atom is 0.339 e. The van der Waals surface area contributed by atoms with E-state index in [9.17, 15) is 34.4 Å². The first-order chi connectivity index (χ1) is 18.0. The number of hydrogen-bond donors (Lipinski definition) is 2. The lowest BCUT2D eigenvalue weighted by atomic mass is 10.1. The van der Waals surface area contributed by atoms with Gasteiger partial charge in [0, 0.05) is 11.8 Å². The summed E-state index contributed by atoms with van der Waals surface area (Å²) in [5.74, 6) is -3.04. The minimum atomic E-state index is -0.821. The molecule has 3 amide bonds. The Morgan fingerprint density at radius 3 is 2.66 bits per heavy atom. The zero-order valence-electron chi connectivity index (χ0n) is 20.2. The van der Waals surface area contributed by atoms with Crippen molar-refractivity contribution in [3.05, 3.63) is 61.5 Å². The lowest BCUT2D eigenvalue weighted by molar-refractivity contribution is -0.386. The molecule has 1 fully saturated rings. The highest BCUT2D eigenvalue weighted by atomic mass is 35.5. The number of anilines is 1. The SMILES string of the molecule is CCCCOC(=O)c1cc(NC(=O)CN2C(=O)S/C(=C/c3cc(OC)c(O)c([N+](=O)[O-])c3)C2=O)ccc1Cl. The number of nitro groups is 1. The average molecular weight is 564 g/mol. The van der Waals surface area contributed by atoms with E-state index in [0.717, 1.165) is 12.5 Å². The molecule has 0 unspecified atom stereocenters. The number of nitrogens with one attached hydrogen (secondary N) is 1. The Morgan fingerprint density at radius 1 is 1.26 bits per heavy atom. The molecule has 0 atom stereocenters. The Kier molecular flexibility index (Phi) is 9.31. The average Bonchev–Trinajstić information content (AvgIpc) is 3.13. The number of amides is 3. The van der Waals surface area contributed by atoms with Gasteiger partial charge in [-0.1, -0.05) is 24.9 Å². The van der Waals surface area contributed by atoms with Crippen molar-refractivity contribution in [3.8, 4) is 11.5 Å². The monoisotopic (exact) mass is 563 g/mol. The van der Waals surface area contributed by atoms with Gasteiger partial charge in [0.05, 0.1) is 34.1 Å². The summed E-state index contributed by atoms with van der Waals surface area (Å²) < 4.78 is 10.1. The molecular weight excluding hydrogens is 542 g/mol. The quantitative estimate of drug-likeness (QED) is 0.137. The van der Waals surface area contributed by atoms with E-state index in [4.69, 9.17) is 21.1 Å². The number of carbonyl (C=O) groups excluding carboxylic acids is 4. The summed E-state index contributed by atoms with van der Waals surface area (Å²) in [5.41, 5.74) is -0.271. The number of ether oxygens (including phenoxy) is 2. The number of thioether (sulfide) groups is 1. The summed E-state index contributed by atoms with van der Waals surface area (Å²) in [6.07, 6.45) is 2.74. The van der Waals surface area contributed by atoms with Crippen LogP contribution in [0.25, 0.3) is 6.08 Å². The molecule has 14 heteroatoms. The van der Waals surface area contributed by atoms with Crippen molar-refractivity contribution in [2.24, 2.45) is 0 Å². The molecule has 2 aromatic carbocycles. The molecule has 1 aliphatic rings. The van der Waals surface area contributed by atoms with Crippen LogP contribution in [0, 0.1) is 10.1 Å². The predicted octanol–water partition coefficient (Wildman–Crippen LogP) is 4.59. The molecule has 0 saturated carbocycles. The van der Waals surface area contributed by atoms with Gasteiger partial charge in [-0.3, -0.25) is 29.4 Å². The number of nitrogens with zero attached hydrogens (tertiary/aromatic N) is 2. The fourth-order valence-electron chi connectivity index (χ4n) is 3.27. The van der Waals surface area contributed by atoms with E-state index in [2.05, 4.69) is 5.32 Å². The van der Waals surface area contributed by atoms with Crippen molar-refractivity contribution >= 4 is 63.8 Å². The topological polar surface area (TPSA) is 165 Å². The van der Waals surface area contributed by atoms with Crippen molar-refractivity contribution in [1.29, 1.82) is 0 Å². The number of carbonyl (C=O) groups is 4. The zero-order valence-corrected chi connectivity index (χ0v) is 21.8. The predicted molar refractivity (Wildman–Crippen MR) is 139 cm³/mol. The van der Waals surface area contributed by atoms with Crippen LogP contribution in [-0.2, 0) is 14.3 Å². The second-order valence-electron chi connectivity index (χ2n) is 7.85. The highest BCUT2D eigenvalue weighted by Crippen LogP contribution is 2.39. The van der Waals surface area contributed by atoms with Crippen LogP contribution in [0.1, 0.15) is 35.7 Å². The van der Waals surface area contributed by atoms with Gasteiger partial charge in [-0.15, -0.1) is 0 Å². The van der Waals surface area contributed by atoms with Crippen molar-refractivity contribution in [1.82, 2.24) is 4.90 Å². The van der Waals surface area contributed by atoms with Crippen LogP contribution in [-0.4, -0.2) is 58.2 Å². The molecule has 2 aromatic rings. The van der Waals surface area contributed by atoms with Crippen LogP contribution < -0.4 is 10.1 Å². The molecule has 1 saturated heterocycles. The number of esters is 1. The number of phenols is 1. The molecule has 0 aromatic heterocycles. The van der Waals surface area contributed by atoms with Gasteiger partial charge in [0.15, 0.2) is 5.75 Å². The number of nitro benzene ring substituents is 1. The van der Waals surface area contributed by atoms with Gasteiger partial charge in [-0.05, 0) is 54.1 Å².